The number of hydrogen-bond donors (Lipinski definition) is 1. The molecule has 0 bridgehead atoms. The second-order valence-electron chi connectivity index (χ2n) is 7.48. The summed E-state index contributed by atoms with van der Waals surface area (Å²) in [6.07, 6.45) is 2.89. The van der Waals surface area contributed by atoms with E-state index in [1.54, 1.807) is 19.2 Å². The summed E-state index contributed by atoms with van der Waals surface area (Å²) in [7, 11) is 1.62. The summed E-state index contributed by atoms with van der Waals surface area (Å²) >= 11 is 0. The minimum Gasteiger partial charge on any atom is -0.493 e. The van der Waals surface area contributed by atoms with Crippen LogP contribution in [0.2, 0.25) is 0 Å². The number of unbranched alkanes of at least 4 members (excludes halogenated alkanes) is 1. The highest BCUT2D eigenvalue weighted by atomic mass is 16.5. The summed E-state index contributed by atoms with van der Waals surface area (Å²) in [5, 5.41) is 2.96. The Morgan fingerprint density at radius 3 is 2.47 bits per heavy atom. The summed E-state index contributed by atoms with van der Waals surface area (Å²) in [5.74, 6) is 1.92. The molecule has 0 atom stereocenters. The van der Waals surface area contributed by atoms with E-state index in [2.05, 4.69) is 24.4 Å². The number of amides is 1. The van der Waals surface area contributed by atoms with Gasteiger partial charge in [-0.05, 0) is 47.9 Å². The Morgan fingerprint density at radius 1 is 0.844 bits per heavy atom. The lowest BCUT2D eigenvalue weighted by molar-refractivity contribution is 0.0950. The molecule has 0 fully saturated rings. The first-order chi connectivity index (χ1) is 15.7. The molecule has 1 amide bonds. The van der Waals surface area contributed by atoms with Crippen LogP contribution >= 0.6 is 0 Å². The van der Waals surface area contributed by atoms with E-state index in [0.717, 1.165) is 30.6 Å². The van der Waals surface area contributed by atoms with E-state index in [9.17, 15) is 4.79 Å². The SMILES string of the molecule is CCCCOc1ccc(CNC(=O)c2cccc(OCCc3ccccc3)c2)cc1OC. The van der Waals surface area contributed by atoms with E-state index in [1.165, 1.54) is 5.56 Å². The van der Waals surface area contributed by atoms with Gasteiger partial charge in [-0.25, -0.2) is 0 Å². The number of carbonyl (C=O) groups is 1. The summed E-state index contributed by atoms with van der Waals surface area (Å²) < 4.78 is 17.0. The fraction of sp³-hybridized carbons (Fsp3) is 0.296. The van der Waals surface area contributed by atoms with Crippen LogP contribution in [0.1, 0.15) is 41.3 Å². The summed E-state index contributed by atoms with van der Waals surface area (Å²) in [5.41, 5.74) is 2.72. The van der Waals surface area contributed by atoms with E-state index in [-0.39, 0.29) is 5.91 Å². The van der Waals surface area contributed by atoms with Gasteiger partial charge in [-0.1, -0.05) is 55.8 Å². The standard InChI is InChI=1S/C27H31NO4/c1-3-4-16-32-25-14-13-22(18-26(25)30-2)20-28-27(29)23-11-8-12-24(19-23)31-17-15-21-9-6-5-7-10-21/h5-14,18-19H,3-4,15-17,20H2,1-2H3,(H,28,29). The minimum atomic E-state index is -0.152. The molecular formula is C27H31NO4. The largest absolute Gasteiger partial charge is 0.493 e. The minimum absolute atomic E-state index is 0.152. The lowest BCUT2D eigenvalue weighted by Gasteiger charge is -2.13. The first kappa shape index (κ1) is 23.2. The van der Waals surface area contributed by atoms with E-state index in [1.807, 2.05) is 48.5 Å². The van der Waals surface area contributed by atoms with Crippen molar-refractivity contribution >= 4 is 5.91 Å². The van der Waals surface area contributed by atoms with Crippen LogP contribution in [-0.2, 0) is 13.0 Å². The molecule has 3 aromatic carbocycles. The molecule has 0 aliphatic heterocycles. The van der Waals surface area contributed by atoms with Crippen molar-refractivity contribution in [1.82, 2.24) is 5.32 Å². The first-order valence-corrected chi connectivity index (χ1v) is 11.0. The molecule has 0 radical (unpaired) electrons. The van der Waals surface area contributed by atoms with Gasteiger partial charge in [0.05, 0.1) is 20.3 Å². The Morgan fingerprint density at radius 2 is 1.69 bits per heavy atom. The van der Waals surface area contributed by atoms with Crippen molar-refractivity contribution in [3.05, 3.63) is 89.5 Å². The van der Waals surface area contributed by atoms with Crippen molar-refractivity contribution in [2.75, 3.05) is 20.3 Å². The van der Waals surface area contributed by atoms with Crippen LogP contribution in [0.3, 0.4) is 0 Å². The number of nitrogens with one attached hydrogen (secondary N) is 1. The van der Waals surface area contributed by atoms with Crippen molar-refractivity contribution in [3.63, 3.8) is 0 Å². The van der Waals surface area contributed by atoms with Gasteiger partial charge in [0.25, 0.3) is 5.91 Å². The number of methoxy groups -OCH3 is 1. The lowest BCUT2D eigenvalue weighted by Crippen LogP contribution is -2.22. The van der Waals surface area contributed by atoms with E-state index >= 15 is 0 Å². The third-order valence-corrected chi connectivity index (χ3v) is 5.04. The third kappa shape index (κ3) is 7.05. The molecule has 1 N–H and O–H groups in total. The zero-order valence-electron chi connectivity index (χ0n) is 18.8. The maximum Gasteiger partial charge on any atom is 0.251 e. The maximum absolute atomic E-state index is 12.6. The first-order valence-electron chi connectivity index (χ1n) is 11.0. The molecule has 5 heteroatoms. The van der Waals surface area contributed by atoms with Crippen molar-refractivity contribution in [1.29, 1.82) is 0 Å². The monoisotopic (exact) mass is 433 g/mol. The highest BCUT2D eigenvalue weighted by Crippen LogP contribution is 2.28. The van der Waals surface area contributed by atoms with Crippen LogP contribution in [0.15, 0.2) is 72.8 Å². The maximum atomic E-state index is 12.6. The van der Waals surface area contributed by atoms with Gasteiger partial charge in [0.1, 0.15) is 5.75 Å². The van der Waals surface area contributed by atoms with E-state index < -0.39 is 0 Å². The van der Waals surface area contributed by atoms with Gasteiger partial charge in [-0.15, -0.1) is 0 Å². The number of rotatable bonds is 12. The van der Waals surface area contributed by atoms with Crippen LogP contribution in [0, 0.1) is 0 Å². The number of carbonyl (C=O) groups excluding carboxylic acids is 1. The molecule has 0 spiro atoms. The van der Waals surface area contributed by atoms with Crippen LogP contribution < -0.4 is 19.5 Å². The predicted molar refractivity (Wildman–Crippen MR) is 127 cm³/mol. The normalized spacial score (nSPS) is 10.4. The molecule has 0 heterocycles. The van der Waals surface area contributed by atoms with Crippen LogP contribution in [0.25, 0.3) is 0 Å². The molecule has 3 aromatic rings. The van der Waals surface area contributed by atoms with Crippen molar-refractivity contribution in [3.8, 4) is 17.2 Å². The van der Waals surface area contributed by atoms with Crippen molar-refractivity contribution in [2.24, 2.45) is 0 Å². The highest BCUT2D eigenvalue weighted by molar-refractivity contribution is 5.94. The quantitative estimate of drug-likeness (QED) is 0.387. The highest BCUT2D eigenvalue weighted by Gasteiger charge is 2.09. The summed E-state index contributed by atoms with van der Waals surface area (Å²) in [6, 6.07) is 23.1. The van der Waals surface area contributed by atoms with E-state index in [0.29, 0.717) is 36.8 Å². The molecule has 0 saturated carbocycles. The number of benzene rings is 3. The zero-order valence-corrected chi connectivity index (χ0v) is 18.8. The topological polar surface area (TPSA) is 56.8 Å². The number of hydrogen-bond acceptors (Lipinski definition) is 4. The Kier molecular flexibility index (Phi) is 8.99. The average Bonchev–Trinajstić information content (AvgIpc) is 2.84. The number of ether oxygens (including phenoxy) is 3. The summed E-state index contributed by atoms with van der Waals surface area (Å²) in [6.45, 7) is 3.73. The Hall–Kier alpha value is -3.47. The van der Waals surface area contributed by atoms with E-state index in [4.69, 9.17) is 14.2 Å². The molecule has 3 rings (SSSR count). The zero-order chi connectivity index (χ0) is 22.6. The smallest absolute Gasteiger partial charge is 0.251 e. The Labute approximate surface area is 190 Å². The van der Waals surface area contributed by atoms with Crippen LogP contribution in [-0.4, -0.2) is 26.2 Å². The summed E-state index contributed by atoms with van der Waals surface area (Å²) in [4.78, 5) is 12.6. The van der Waals surface area contributed by atoms with Gasteiger partial charge in [0.2, 0.25) is 0 Å². The second-order valence-corrected chi connectivity index (χ2v) is 7.48. The van der Waals surface area contributed by atoms with Gasteiger partial charge in [0.15, 0.2) is 11.5 Å². The van der Waals surface area contributed by atoms with Crippen LogP contribution in [0.5, 0.6) is 17.2 Å². The van der Waals surface area contributed by atoms with Gasteiger partial charge in [-0.2, -0.15) is 0 Å². The Balaban J connectivity index is 1.52. The molecule has 0 unspecified atom stereocenters. The van der Waals surface area contributed by atoms with Crippen molar-refractivity contribution in [2.45, 2.75) is 32.7 Å². The lowest BCUT2D eigenvalue weighted by atomic mass is 10.1. The molecule has 5 nitrogen and oxygen atoms in total. The van der Waals surface area contributed by atoms with Gasteiger partial charge in [-0.3, -0.25) is 4.79 Å². The molecule has 168 valence electrons. The van der Waals surface area contributed by atoms with Crippen molar-refractivity contribution < 1.29 is 19.0 Å². The molecule has 32 heavy (non-hydrogen) atoms. The average molecular weight is 434 g/mol. The molecule has 0 aromatic heterocycles. The van der Waals surface area contributed by atoms with Gasteiger partial charge < -0.3 is 19.5 Å². The second kappa shape index (κ2) is 12.4. The van der Waals surface area contributed by atoms with Crippen LogP contribution in [0.4, 0.5) is 0 Å². The molecule has 0 aliphatic carbocycles. The molecule has 0 aliphatic rings. The fourth-order valence-electron chi connectivity index (χ4n) is 3.21. The van der Waals surface area contributed by atoms with Gasteiger partial charge >= 0.3 is 0 Å². The predicted octanol–water partition coefficient (Wildman–Crippen LogP) is 5.43. The van der Waals surface area contributed by atoms with Gasteiger partial charge in [0, 0.05) is 18.5 Å². The molecular weight excluding hydrogens is 402 g/mol. The third-order valence-electron chi connectivity index (χ3n) is 5.04. The Bertz CT molecular complexity index is 988. The molecule has 0 saturated heterocycles. The fourth-order valence-corrected chi connectivity index (χ4v) is 3.21.